The van der Waals surface area contributed by atoms with E-state index in [-0.39, 0.29) is 35.4 Å². The predicted octanol–water partition coefficient (Wildman–Crippen LogP) is 1.82. The number of amides is 1. The van der Waals surface area contributed by atoms with Crippen molar-refractivity contribution in [3.8, 4) is 5.75 Å². The summed E-state index contributed by atoms with van der Waals surface area (Å²) in [7, 11) is 0. The van der Waals surface area contributed by atoms with E-state index in [0.29, 0.717) is 25.6 Å². The van der Waals surface area contributed by atoms with Crippen LogP contribution in [0, 0.1) is 16.0 Å². The van der Waals surface area contributed by atoms with Crippen molar-refractivity contribution < 1.29 is 14.5 Å². The number of nitrogens with zero attached hydrogens (tertiary/aromatic N) is 2. The molecule has 1 atom stereocenters. The van der Waals surface area contributed by atoms with Gasteiger partial charge in [0.05, 0.1) is 18.0 Å². The second kappa shape index (κ2) is 7.42. The fourth-order valence-corrected chi connectivity index (χ4v) is 2.58. The molecule has 1 aliphatic heterocycles. The minimum atomic E-state index is -0.560. The van der Waals surface area contributed by atoms with E-state index < -0.39 is 4.92 Å². The zero-order valence-corrected chi connectivity index (χ0v) is 12.8. The van der Waals surface area contributed by atoms with E-state index in [4.69, 9.17) is 22.1 Å². The first kappa shape index (κ1) is 16.5. The summed E-state index contributed by atoms with van der Waals surface area (Å²) >= 11 is 5.73. The van der Waals surface area contributed by atoms with Gasteiger partial charge in [0.25, 0.3) is 0 Å². The van der Waals surface area contributed by atoms with Gasteiger partial charge >= 0.3 is 5.69 Å². The topological polar surface area (TPSA) is 98.7 Å². The number of ether oxygens (including phenoxy) is 1. The van der Waals surface area contributed by atoms with Gasteiger partial charge in [-0.25, -0.2) is 0 Å². The van der Waals surface area contributed by atoms with Gasteiger partial charge in [0.15, 0.2) is 5.75 Å². The summed E-state index contributed by atoms with van der Waals surface area (Å²) < 4.78 is 5.36. The average molecular weight is 328 g/mol. The first-order valence-electron chi connectivity index (χ1n) is 7.06. The lowest BCUT2D eigenvalue weighted by Crippen LogP contribution is -2.30. The van der Waals surface area contributed by atoms with Gasteiger partial charge in [0, 0.05) is 24.2 Å². The number of halogens is 1. The Bertz CT molecular complexity index is 567. The van der Waals surface area contributed by atoms with Crippen LogP contribution in [-0.4, -0.2) is 42.0 Å². The monoisotopic (exact) mass is 327 g/mol. The Balaban J connectivity index is 1.86. The van der Waals surface area contributed by atoms with Gasteiger partial charge in [-0.1, -0.05) is 11.6 Å². The van der Waals surface area contributed by atoms with Crippen molar-refractivity contribution in [2.24, 2.45) is 11.7 Å². The maximum atomic E-state index is 12.0. The molecule has 8 heteroatoms. The number of hydrogen-bond donors (Lipinski definition) is 1. The van der Waals surface area contributed by atoms with E-state index in [0.717, 1.165) is 6.42 Å². The number of likely N-dealkylation sites (tertiary alicyclic amines) is 1. The lowest BCUT2D eigenvalue weighted by Gasteiger charge is -2.16. The normalized spacial score (nSPS) is 17.5. The summed E-state index contributed by atoms with van der Waals surface area (Å²) in [5.74, 6) is 0.457. The van der Waals surface area contributed by atoms with Crippen LogP contribution in [0.3, 0.4) is 0 Å². The zero-order chi connectivity index (χ0) is 16.1. The molecule has 1 aromatic rings. The molecule has 120 valence electrons. The van der Waals surface area contributed by atoms with Crippen LogP contribution >= 0.6 is 11.6 Å². The number of hydrogen-bond acceptors (Lipinski definition) is 5. The smallest absolute Gasteiger partial charge is 0.312 e. The van der Waals surface area contributed by atoms with Crippen LogP contribution in [0.4, 0.5) is 5.69 Å². The molecule has 0 aliphatic carbocycles. The number of carbonyl (C=O) groups excluding carboxylic acids is 1. The van der Waals surface area contributed by atoms with Crippen molar-refractivity contribution >= 4 is 23.2 Å². The molecule has 0 radical (unpaired) electrons. The Hall–Kier alpha value is -1.86. The van der Waals surface area contributed by atoms with E-state index in [1.807, 2.05) is 0 Å². The highest BCUT2D eigenvalue weighted by Gasteiger charge is 2.25. The second-order valence-corrected chi connectivity index (χ2v) is 5.63. The molecule has 1 aromatic carbocycles. The van der Waals surface area contributed by atoms with Crippen LogP contribution in [0.5, 0.6) is 5.75 Å². The molecular formula is C14H18ClN3O4. The standard InChI is InChI=1S/C14H18ClN3O4/c15-11-1-2-13(12(7-11)18(20)21)22-6-4-14(19)17-5-3-10(8-16)9-17/h1-2,7,10H,3-6,8-9,16H2. The highest BCUT2D eigenvalue weighted by atomic mass is 35.5. The number of nitrogens with two attached hydrogens (primary N) is 1. The predicted molar refractivity (Wildman–Crippen MR) is 82.0 cm³/mol. The molecule has 1 amide bonds. The summed E-state index contributed by atoms with van der Waals surface area (Å²) in [5, 5.41) is 11.2. The molecule has 2 rings (SSSR count). The Labute approximate surface area is 133 Å². The Kier molecular flexibility index (Phi) is 5.57. The number of nitro groups is 1. The van der Waals surface area contributed by atoms with Gasteiger partial charge in [-0.2, -0.15) is 0 Å². The second-order valence-electron chi connectivity index (χ2n) is 5.20. The average Bonchev–Trinajstić information content (AvgIpc) is 2.97. The lowest BCUT2D eigenvalue weighted by atomic mass is 10.1. The maximum Gasteiger partial charge on any atom is 0.312 e. The molecule has 7 nitrogen and oxygen atoms in total. The summed E-state index contributed by atoms with van der Waals surface area (Å²) in [4.78, 5) is 24.2. The van der Waals surface area contributed by atoms with Crippen molar-refractivity contribution in [1.29, 1.82) is 0 Å². The maximum absolute atomic E-state index is 12.0. The number of nitro benzene ring substituents is 1. The fourth-order valence-electron chi connectivity index (χ4n) is 2.41. The molecule has 0 spiro atoms. The van der Waals surface area contributed by atoms with Crippen LogP contribution in [0.25, 0.3) is 0 Å². The van der Waals surface area contributed by atoms with Gasteiger partial charge in [-0.05, 0) is 31.0 Å². The Morgan fingerprint density at radius 2 is 2.32 bits per heavy atom. The largest absolute Gasteiger partial charge is 0.486 e. The van der Waals surface area contributed by atoms with Gasteiger partial charge in [0.2, 0.25) is 5.91 Å². The molecule has 1 heterocycles. The van der Waals surface area contributed by atoms with Crippen molar-refractivity contribution in [3.05, 3.63) is 33.3 Å². The first-order valence-corrected chi connectivity index (χ1v) is 7.43. The van der Waals surface area contributed by atoms with Gasteiger partial charge < -0.3 is 15.4 Å². The van der Waals surface area contributed by atoms with E-state index in [9.17, 15) is 14.9 Å². The van der Waals surface area contributed by atoms with Gasteiger partial charge in [0.1, 0.15) is 0 Å². The SMILES string of the molecule is NCC1CCN(C(=O)CCOc2ccc(Cl)cc2[N+](=O)[O-])C1. The van der Waals surface area contributed by atoms with Crippen molar-refractivity contribution in [2.45, 2.75) is 12.8 Å². The molecule has 0 saturated carbocycles. The van der Waals surface area contributed by atoms with Crippen molar-refractivity contribution in [3.63, 3.8) is 0 Å². The molecular weight excluding hydrogens is 310 g/mol. The van der Waals surface area contributed by atoms with Crippen molar-refractivity contribution in [2.75, 3.05) is 26.2 Å². The summed E-state index contributed by atoms with van der Waals surface area (Å²) in [6, 6.07) is 4.17. The van der Waals surface area contributed by atoms with Crippen LogP contribution in [0.15, 0.2) is 18.2 Å². The van der Waals surface area contributed by atoms with Crippen LogP contribution < -0.4 is 10.5 Å². The molecule has 1 fully saturated rings. The molecule has 0 bridgehead atoms. The lowest BCUT2D eigenvalue weighted by molar-refractivity contribution is -0.385. The molecule has 1 aliphatic rings. The minimum absolute atomic E-state index is 0.0208. The Morgan fingerprint density at radius 1 is 1.55 bits per heavy atom. The molecule has 1 unspecified atom stereocenters. The quantitative estimate of drug-likeness (QED) is 0.634. The van der Waals surface area contributed by atoms with E-state index in [2.05, 4.69) is 0 Å². The highest BCUT2D eigenvalue weighted by Crippen LogP contribution is 2.30. The number of benzene rings is 1. The van der Waals surface area contributed by atoms with Gasteiger partial charge in [-0.3, -0.25) is 14.9 Å². The summed E-state index contributed by atoms with van der Waals surface area (Å²) in [5.41, 5.74) is 5.39. The summed E-state index contributed by atoms with van der Waals surface area (Å²) in [6.45, 7) is 2.06. The van der Waals surface area contributed by atoms with Crippen molar-refractivity contribution in [1.82, 2.24) is 4.90 Å². The highest BCUT2D eigenvalue weighted by molar-refractivity contribution is 6.30. The molecule has 0 aromatic heterocycles. The molecule has 2 N–H and O–H groups in total. The minimum Gasteiger partial charge on any atom is -0.486 e. The fraction of sp³-hybridized carbons (Fsp3) is 0.500. The third kappa shape index (κ3) is 4.08. The van der Waals surface area contributed by atoms with E-state index in [1.165, 1.54) is 18.2 Å². The third-order valence-electron chi connectivity index (χ3n) is 3.66. The number of rotatable bonds is 6. The van der Waals surface area contributed by atoms with E-state index >= 15 is 0 Å². The third-order valence-corrected chi connectivity index (χ3v) is 3.90. The Morgan fingerprint density at radius 3 is 2.95 bits per heavy atom. The van der Waals surface area contributed by atoms with Crippen LogP contribution in [0.1, 0.15) is 12.8 Å². The van der Waals surface area contributed by atoms with Crippen LogP contribution in [0.2, 0.25) is 5.02 Å². The first-order chi connectivity index (χ1) is 10.5. The molecule has 22 heavy (non-hydrogen) atoms. The number of carbonyl (C=O) groups is 1. The molecule has 1 saturated heterocycles. The van der Waals surface area contributed by atoms with E-state index in [1.54, 1.807) is 4.90 Å². The summed E-state index contributed by atoms with van der Waals surface area (Å²) in [6.07, 6.45) is 1.10. The van der Waals surface area contributed by atoms with Gasteiger partial charge in [-0.15, -0.1) is 0 Å². The zero-order valence-electron chi connectivity index (χ0n) is 12.0. The van der Waals surface area contributed by atoms with Crippen LogP contribution in [-0.2, 0) is 4.79 Å².